The van der Waals surface area contributed by atoms with Crippen LogP contribution in [-0.4, -0.2) is 29.1 Å². The number of pyridine rings is 1. The number of amides is 1. The molecule has 0 atom stereocenters. The van der Waals surface area contributed by atoms with Gasteiger partial charge < -0.3 is 15.2 Å². The maximum Gasteiger partial charge on any atom is 0.335 e. The number of halogens is 1. The Balaban J connectivity index is 2.29. The Bertz CT molecular complexity index is 686. The van der Waals surface area contributed by atoms with E-state index in [0.717, 1.165) is 4.47 Å². The molecule has 0 saturated carbocycles. The van der Waals surface area contributed by atoms with Gasteiger partial charge in [-0.2, -0.15) is 0 Å². The zero-order valence-electron chi connectivity index (χ0n) is 11.0. The molecular formula is C14H11BrN2O4. The number of anilines is 1. The molecule has 1 aromatic heterocycles. The normalized spacial score (nSPS) is 10.0. The number of hydrogen-bond donors (Lipinski definition) is 2. The monoisotopic (exact) mass is 350 g/mol. The highest BCUT2D eigenvalue weighted by Crippen LogP contribution is 2.26. The Kier molecular flexibility index (Phi) is 4.54. The fraction of sp³-hybridized carbons (Fsp3) is 0.0714. The van der Waals surface area contributed by atoms with Crippen LogP contribution in [0.2, 0.25) is 0 Å². The Morgan fingerprint density at radius 3 is 2.62 bits per heavy atom. The van der Waals surface area contributed by atoms with Gasteiger partial charge in [0, 0.05) is 10.7 Å². The lowest BCUT2D eigenvalue weighted by Gasteiger charge is -2.10. The van der Waals surface area contributed by atoms with Gasteiger partial charge in [-0.25, -0.2) is 9.78 Å². The molecule has 0 aliphatic carbocycles. The predicted octanol–water partition coefficient (Wildman–Crippen LogP) is 2.80. The van der Waals surface area contributed by atoms with Crippen LogP contribution < -0.4 is 10.1 Å². The number of hydrogen-bond acceptors (Lipinski definition) is 4. The van der Waals surface area contributed by atoms with Crippen molar-refractivity contribution < 1.29 is 19.4 Å². The molecule has 0 aliphatic rings. The van der Waals surface area contributed by atoms with Gasteiger partial charge in [0.05, 0.1) is 18.4 Å². The standard InChI is InChI=1S/C14H11BrN2O4/c1-21-12-5-2-8(14(19)20)6-11(12)17-13(18)10-4-3-9(15)7-16-10/h2-7H,1H3,(H,17,18)(H,19,20). The van der Waals surface area contributed by atoms with Crippen LogP contribution in [0.3, 0.4) is 0 Å². The molecule has 1 amide bonds. The van der Waals surface area contributed by atoms with Crippen LogP contribution in [0, 0.1) is 0 Å². The molecule has 0 unspecified atom stereocenters. The molecule has 1 aromatic carbocycles. The van der Waals surface area contributed by atoms with Gasteiger partial charge in [-0.1, -0.05) is 0 Å². The smallest absolute Gasteiger partial charge is 0.335 e. The molecule has 6 nitrogen and oxygen atoms in total. The molecule has 21 heavy (non-hydrogen) atoms. The first kappa shape index (κ1) is 15.0. The minimum Gasteiger partial charge on any atom is -0.495 e. The highest BCUT2D eigenvalue weighted by atomic mass is 79.9. The van der Waals surface area contributed by atoms with Gasteiger partial charge in [-0.3, -0.25) is 4.79 Å². The molecule has 0 spiro atoms. The number of nitrogens with one attached hydrogen (secondary N) is 1. The van der Waals surface area contributed by atoms with Crippen molar-refractivity contribution >= 4 is 33.5 Å². The van der Waals surface area contributed by atoms with Crippen LogP contribution in [-0.2, 0) is 0 Å². The van der Waals surface area contributed by atoms with Crippen molar-refractivity contribution in [1.82, 2.24) is 4.98 Å². The summed E-state index contributed by atoms with van der Waals surface area (Å²) in [6.07, 6.45) is 1.50. The van der Waals surface area contributed by atoms with Crippen LogP contribution in [0.5, 0.6) is 5.75 Å². The topological polar surface area (TPSA) is 88.5 Å². The molecule has 7 heteroatoms. The number of carbonyl (C=O) groups is 2. The van der Waals surface area contributed by atoms with Crippen molar-refractivity contribution in [2.24, 2.45) is 0 Å². The molecule has 0 radical (unpaired) electrons. The second-order valence-corrected chi connectivity index (χ2v) is 4.95. The van der Waals surface area contributed by atoms with Crippen LogP contribution in [0.15, 0.2) is 41.0 Å². The van der Waals surface area contributed by atoms with Crippen molar-refractivity contribution in [3.63, 3.8) is 0 Å². The van der Waals surface area contributed by atoms with E-state index >= 15 is 0 Å². The van der Waals surface area contributed by atoms with E-state index < -0.39 is 11.9 Å². The van der Waals surface area contributed by atoms with Crippen molar-refractivity contribution in [3.05, 3.63) is 52.3 Å². The molecule has 0 bridgehead atoms. The zero-order valence-corrected chi connectivity index (χ0v) is 12.5. The van der Waals surface area contributed by atoms with E-state index in [0.29, 0.717) is 5.75 Å². The zero-order chi connectivity index (χ0) is 15.4. The third-order valence-electron chi connectivity index (χ3n) is 2.65. The number of carbonyl (C=O) groups excluding carboxylic acids is 1. The molecule has 1 heterocycles. The van der Waals surface area contributed by atoms with E-state index in [1.54, 1.807) is 12.1 Å². The Morgan fingerprint density at radius 1 is 1.29 bits per heavy atom. The van der Waals surface area contributed by atoms with E-state index in [9.17, 15) is 9.59 Å². The molecule has 2 N–H and O–H groups in total. The summed E-state index contributed by atoms with van der Waals surface area (Å²) < 4.78 is 5.85. The summed E-state index contributed by atoms with van der Waals surface area (Å²) >= 11 is 3.23. The van der Waals surface area contributed by atoms with Crippen LogP contribution in [0.25, 0.3) is 0 Å². The largest absolute Gasteiger partial charge is 0.495 e. The summed E-state index contributed by atoms with van der Waals surface area (Å²) in [5.41, 5.74) is 0.531. The van der Waals surface area contributed by atoms with Gasteiger partial charge in [0.15, 0.2) is 0 Å². The number of ether oxygens (including phenoxy) is 1. The second kappa shape index (κ2) is 6.36. The number of benzene rings is 1. The summed E-state index contributed by atoms with van der Waals surface area (Å²) in [6, 6.07) is 7.44. The minimum absolute atomic E-state index is 0.0508. The van der Waals surface area contributed by atoms with Crippen molar-refractivity contribution in [2.45, 2.75) is 0 Å². The first-order chi connectivity index (χ1) is 10.0. The molecule has 2 rings (SSSR count). The summed E-state index contributed by atoms with van der Waals surface area (Å²) in [5.74, 6) is -1.18. The van der Waals surface area contributed by atoms with Gasteiger partial charge in [-0.15, -0.1) is 0 Å². The molecular weight excluding hydrogens is 340 g/mol. The van der Waals surface area contributed by atoms with E-state index in [1.807, 2.05) is 0 Å². The van der Waals surface area contributed by atoms with Crippen LogP contribution >= 0.6 is 15.9 Å². The summed E-state index contributed by atoms with van der Waals surface area (Å²) in [7, 11) is 1.43. The number of aromatic nitrogens is 1. The molecule has 0 fully saturated rings. The minimum atomic E-state index is -1.09. The lowest BCUT2D eigenvalue weighted by atomic mass is 10.2. The fourth-order valence-corrected chi connectivity index (χ4v) is 1.87. The third kappa shape index (κ3) is 3.57. The Hall–Kier alpha value is -2.41. The lowest BCUT2D eigenvalue weighted by Crippen LogP contribution is -2.14. The number of rotatable bonds is 4. The SMILES string of the molecule is COc1ccc(C(=O)O)cc1NC(=O)c1ccc(Br)cn1. The van der Waals surface area contributed by atoms with E-state index in [-0.39, 0.29) is 16.9 Å². The van der Waals surface area contributed by atoms with Gasteiger partial charge in [-0.05, 0) is 46.3 Å². The average molecular weight is 351 g/mol. The summed E-state index contributed by atoms with van der Waals surface area (Å²) in [4.78, 5) is 27.0. The fourth-order valence-electron chi connectivity index (χ4n) is 1.64. The third-order valence-corrected chi connectivity index (χ3v) is 3.12. The molecule has 0 aliphatic heterocycles. The lowest BCUT2D eigenvalue weighted by molar-refractivity contribution is 0.0696. The first-order valence-corrected chi connectivity index (χ1v) is 6.65. The molecule has 0 saturated heterocycles. The highest BCUT2D eigenvalue weighted by Gasteiger charge is 2.13. The van der Waals surface area contributed by atoms with Gasteiger partial charge in [0.25, 0.3) is 5.91 Å². The Labute approximate surface area is 128 Å². The first-order valence-electron chi connectivity index (χ1n) is 5.85. The number of methoxy groups -OCH3 is 1. The Morgan fingerprint density at radius 2 is 2.05 bits per heavy atom. The molecule has 108 valence electrons. The van der Waals surface area contributed by atoms with Gasteiger partial charge in [0.1, 0.15) is 11.4 Å². The van der Waals surface area contributed by atoms with Gasteiger partial charge in [0.2, 0.25) is 0 Å². The average Bonchev–Trinajstić information content (AvgIpc) is 2.47. The maximum atomic E-state index is 12.1. The number of nitrogens with zero attached hydrogens (tertiary/aromatic N) is 1. The van der Waals surface area contributed by atoms with Gasteiger partial charge >= 0.3 is 5.97 Å². The van der Waals surface area contributed by atoms with Crippen LogP contribution in [0.4, 0.5) is 5.69 Å². The van der Waals surface area contributed by atoms with E-state index in [4.69, 9.17) is 9.84 Å². The number of carboxylic acid groups (broad SMARTS) is 1. The molecule has 2 aromatic rings. The van der Waals surface area contributed by atoms with E-state index in [2.05, 4.69) is 26.2 Å². The highest BCUT2D eigenvalue weighted by molar-refractivity contribution is 9.10. The van der Waals surface area contributed by atoms with Crippen molar-refractivity contribution in [2.75, 3.05) is 12.4 Å². The number of aromatic carboxylic acids is 1. The van der Waals surface area contributed by atoms with E-state index in [1.165, 1.54) is 31.5 Å². The second-order valence-electron chi connectivity index (χ2n) is 4.04. The van der Waals surface area contributed by atoms with Crippen molar-refractivity contribution in [1.29, 1.82) is 0 Å². The summed E-state index contributed by atoms with van der Waals surface area (Å²) in [6.45, 7) is 0. The quantitative estimate of drug-likeness (QED) is 0.884. The summed E-state index contributed by atoms with van der Waals surface area (Å²) in [5, 5.41) is 11.6. The maximum absolute atomic E-state index is 12.1. The predicted molar refractivity (Wildman–Crippen MR) is 79.8 cm³/mol. The van der Waals surface area contributed by atoms with Crippen molar-refractivity contribution in [3.8, 4) is 5.75 Å². The van der Waals surface area contributed by atoms with Crippen LogP contribution in [0.1, 0.15) is 20.8 Å². The number of carboxylic acids is 1.